The van der Waals surface area contributed by atoms with Crippen LogP contribution in [0.4, 0.5) is 0 Å². The molecule has 1 N–H and O–H groups in total. The number of benzene rings is 1. The summed E-state index contributed by atoms with van der Waals surface area (Å²) >= 11 is 0. The summed E-state index contributed by atoms with van der Waals surface area (Å²) in [7, 11) is -3.70. The van der Waals surface area contributed by atoms with Crippen LogP contribution in [0.1, 0.15) is 18.4 Å². The molecule has 21 heavy (non-hydrogen) atoms. The van der Waals surface area contributed by atoms with Gasteiger partial charge in [-0.1, -0.05) is 30.3 Å². The van der Waals surface area contributed by atoms with Crippen molar-refractivity contribution >= 4 is 21.8 Å². The van der Waals surface area contributed by atoms with E-state index >= 15 is 0 Å². The molecule has 0 bridgehead atoms. The van der Waals surface area contributed by atoms with Crippen LogP contribution in [0.5, 0.6) is 0 Å². The molecule has 0 radical (unpaired) electrons. The first kappa shape index (κ1) is 15.5. The second-order valence-electron chi connectivity index (χ2n) is 5.03. The van der Waals surface area contributed by atoms with Gasteiger partial charge in [-0.2, -0.15) is 0 Å². The number of amides is 2. The smallest absolute Gasteiger partial charge is 0.244 e. The van der Waals surface area contributed by atoms with Crippen molar-refractivity contribution in [1.82, 2.24) is 9.62 Å². The van der Waals surface area contributed by atoms with Gasteiger partial charge in [0.25, 0.3) is 0 Å². The summed E-state index contributed by atoms with van der Waals surface area (Å²) in [6.45, 7) is 0.408. The number of nitrogens with zero attached hydrogens (tertiary/aromatic N) is 1. The molecular weight excluding hydrogens is 292 g/mol. The van der Waals surface area contributed by atoms with Crippen molar-refractivity contribution in [3.8, 4) is 0 Å². The molecule has 7 heteroatoms. The third-order valence-electron chi connectivity index (χ3n) is 3.38. The fourth-order valence-corrected chi connectivity index (χ4v) is 3.53. The normalized spacial score (nSPS) is 18.8. The number of hydrogen-bond acceptors (Lipinski definition) is 4. The lowest BCUT2D eigenvalue weighted by atomic mass is 10.1. The van der Waals surface area contributed by atoms with Crippen molar-refractivity contribution in [1.29, 1.82) is 0 Å². The maximum atomic E-state index is 12.1. The SMILES string of the molecule is CS(=O)(=O)N1C(=O)CCC1C(=O)NCCc1ccccc1. The Balaban J connectivity index is 1.93. The Morgan fingerprint density at radius 1 is 1.33 bits per heavy atom. The van der Waals surface area contributed by atoms with Gasteiger partial charge in [0.15, 0.2) is 0 Å². The van der Waals surface area contributed by atoms with Crippen LogP contribution < -0.4 is 5.32 Å². The zero-order valence-corrected chi connectivity index (χ0v) is 12.6. The highest BCUT2D eigenvalue weighted by molar-refractivity contribution is 7.89. The van der Waals surface area contributed by atoms with Gasteiger partial charge in [0, 0.05) is 13.0 Å². The van der Waals surface area contributed by atoms with Gasteiger partial charge in [0.2, 0.25) is 21.8 Å². The molecule has 0 saturated carbocycles. The van der Waals surface area contributed by atoms with E-state index in [4.69, 9.17) is 0 Å². The van der Waals surface area contributed by atoms with Gasteiger partial charge in [-0.25, -0.2) is 12.7 Å². The van der Waals surface area contributed by atoms with Gasteiger partial charge in [0.05, 0.1) is 6.26 Å². The summed E-state index contributed by atoms with van der Waals surface area (Å²) < 4.78 is 23.9. The van der Waals surface area contributed by atoms with E-state index in [0.717, 1.165) is 11.8 Å². The van der Waals surface area contributed by atoms with Crippen molar-refractivity contribution in [2.75, 3.05) is 12.8 Å². The van der Waals surface area contributed by atoms with Crippen LogP contribution in [0.3, 0.4) is 0 Å². The summed E-state index contributed by atoms with van der Waals surface area (Å²) in [4.78, 5) is 23.7. The van der Waals surface area contributed by atoms with E-state index in [1.807, 2.05) is 30.3 Å². The lowest BCUT2D eigenvalue weighted by molar-refractivity contribution is -0.130. The van der Waals surface area contributed by atoms with Gasteiger partial charge in [0.1, 0.15) is 6.04 Å². The monoisotopic (exact) mass is 310 g/mol. The average molecular weight is 310 g/mol. The zero-order valence-electron chi connectivity index (χ0n) is 11.8. The maximum absolute atomic E-state index is 12.1. The van der Waals surface area contributed by atoms with Crippen LogP contribution in [0.15, 0.2) is 30.3 Å². The molecule has 114 valence electrons. The molecule has 2 amide bonds. The molecule has 1 aliphatic rings. The molecule has 6 nitrogen and oxygen atoms in total. The standard InChI is InChI=1S/C14H18N2O4S/c1-21(19,20)16-12(7-8-13(16)17)14(18)15-10-9-11-5-3-2-4-6-11/h2-6,12H,7-10H2,1H3,(H,15,18). The van der Waals surface area contributed by atoms with Crippen molar-refractivity contribution < 1.29 is 18.0 Å². The third-order valence-corrected chi connectivity index (χ3v) is 4.55. The fraction of sp³-hybridized carbons (Fsp3) is 0.429. The predicted octanol–water partition coefficient (Wildman–Crippen LogP) is 0.296. The predicted molar refractivity (Wildman–Crippen MR) is 77.9 cm³/mol. The molecule has 0 aliphatic carbocycles. The second kappa shape index (κ2) is 6.26. The van der Waals surface area contributed by atoms with E-state index in [-0.39, 0.29) is 12.8 Å². The molecule has 1 atom stereocenters. The molecule has 1 unspecified atom stereocenters. The van der Waals surface area contributed by atoms with Gasteiger partial charge in [-0.15, -0.1) is 0 Å². The van der Waals surface area contributed by atoms with E-state index in [0.29, 0.717) is 17.3 Å². The van der Waals surface area contributed by atoms with Crippen LogP contribution in [-0.2, 0) is 26.0 Å². The molecule has 1 saturated heterocycles. The molecule has 1 heterocycles. The Bertz CT molecular complexity index is 628. The Labute approximate surface area is 124 Å². The number of rotatable bonds is 5. The first-order valence-electron chi connectivity index (χ1n) is 6.73. The molecule has 2 rings (SSSR count). The largest absolute Gasteiger partial charge is 0.354 e. The Morgan fingerprint density at radius 3 is 2.62 bits per heavy atom. The topological polar surface area (TPSA) is 83.6 Å². The summed E-state index contributed by atoms with van der Waals surface area (Å²) in [5.41, 5.74) is 1.08. The minimum atomic E-state index is -3.70. The first-order valence-corrected chi connectivity index (χ1v) is 8.58. The molecule has 1 aromatic rings. The van der Waals surface area contributed by atoms with Crippen LogP contribution in [0.25, 0.3) is 0 Å². The number of hydrogen-bond donors (Lipinski definition) is 1. The molecule has 0 spiro atoms. The summed E-state index contributed by atoms with van der Waals surface area (Å²) in [5, 5.41) is 2.70. The van der Waals surface area contributed by atoms with Gasteiger partial charge in [-0.05, 0) is 18.4 Å². The molecule has 1 fully saturated rings. The molecule has 1 aromatic carbocycles. The van der Waals surface area contributed by atoms with E-state index < -0.39 is 27.9 Å². The van der Waals surface area contributed by atoms with Crippen molar-refractivity contribution in [3.63, 3.8) is 0 Å². The first-order chi connectivity index (χ1) is 9.89. The second-order valence-corrected chi connectivity index (χ2v) is 6.89. The highest BCUT2D eigenvalue weighted by atomic mass is 32.2. The lowest BCUT2D eigenvalue weighted by Crippen LogP contribution is -2.47. The lowest BCUT2D eigenvalue weighted by Gasteiger charge is -2.21. The van der Waals surface area contributed by atoms with Crippen molar-refractivity contribution in [2.45, 2.75) is 25.3 Å². The van der Waals surface area contributed by atoms with E-state index in [1.165, 1.54) is 0 Å². The quantitative estimate of drug-likeness (QED) is 0.847. The van der Waals surface area contributed by atoms with E-state index in [1.54, 1.807) is 0 Å². The minimum Gasteiger partial charge on any atom is -0.354 e. The summed E-state index contributed by atoms with van der Waals surface area (Å²) in [6.07, 6.45) is 1.93. The Kier molecular flexibility index (Phi) is 4.62. The average Bonchev–Trinajstić information content (AvgIpc) is 2.82. The molecular formula is C14H18N2O4S. The van der Waals surface area contributed by atoms with Gasteiger partial charge < -0.3 is 5.32 Å². The van der Waals surface area contributed by atoms with Crippen LogP contribution in [0, 0.1) is 0 Å². The van der Waals surface area contributed by atoms with E-state index in [9.17, 15) is 18.0 Å². The molecule has 0 aromatic heterocycles. The van der Waals surface area contributed by atoms with Crippen LogP contribution in [0.2, 0.25) is 0 Å². The van der Waals surface area contributed by atoms with Gasteiger partial charge >= 0.3 is 0 Å². The van der Waals surface area contributed by atoms with Crippen molar-refractivity contribution in [3.05, 3.63) is 35.9 Å². The number of nitrogens with one attached hydrogen (secondary N) is 1. The molecule has 1 aliphatic heterocycles. The van der Waals surface area contributed by atoms with Crippen LogP contribution >= 0.6 is 0 Å². The zero-order chi connectivity index (χ0) is 15.5. The van der Waals surface area contributed by atoms with Gasteiger partial charge in [-0.3, -0.25) is 9.59 Å². The Morgan fingerprint density at radius 2 is 2.00 bits per heavy atom. The number of carbonyl (C=O) groups is 2. The Hall–Kier alpha value is -1.89. The summed E-state index contributed by atoms with van der Waals surface area (Å²) in [6, 6.07) is 8.73. The van der Waals surface area contributed by atoms with E-state index in [2.05, 4.69) is 5.32 Å². The highest BCUT2D eigenvalue weighted by Gasteiger charge is 2.41. The fourth-order valence-electron chi connectivity index (χ4n) is 2.41. The maximum Gasteiger partial charge on any atom is 0.244 e. The minimum absolute atomic E-state index is 0.0871. The number of sulfonamides is 1. The number of carbonyl (C=O) groups excluding carboxylic acids is 2. The summed E-state index contributed by atoms with van der Waals surface area (Å²) in [5.74, 6) is -0.928. The highest BCUT2D eigenvalue weighted by Crippen LogP contribution is 2.21. The third kappa shape index (κ3) is 3.81. The van der Waals surface area contributed by atoms with Crippen LogP contribution in [-0.4, -0.2) is 43.4 Å². The van der Waals surface area contributed by atoms with Crippen molar-refractivity contribution in [2.24, 2.45) is 0 Å².